The zero-order chi connectivity index (χ0) is 14.8. The van der Waals surface area contributed by atoms with Crippen molar-refractivity contribution < 1.29 is 9.59 Å². The van der Waals surface area contributed by atoms with Gasteiger partial charge in [-0.3, -0.25) is 9.59 Å². The fourth-order valence-corrected chi connectivity index (χ4v) is 2.37. The molecule has 0 bridgehead atoms. The molecule has 3 rings (SSSR count). The lowest BCUT2D eigenvalue weighted by Crippen LogP contribution is -2.53. The number of nitrogens with zero attached hydrogens (tertiary/aromatic N) is 4. The Morgan fingerprint density at radius 2 is 1.90 bits per heavy atom. The molecule has 2 heterocycles. The van der Waals surface area contributed by atoms with Crippen molar-refractivity contribution in [1.82, 2.24) is 20.2 Å². The zero-order valence-corrected chi connectivity index (χ0v) is 12.1. The van der Waals surface area contributed by atoms with Crippen molar-refractivity contribution >= 4 is 17.6 Å². The van der Waals surface area contributed by atoms with Gasteiger partial charge in [-0.1, -0.05) is 0 Å². The van der Waals surface area contributed by atoms with Gasteiger partial charge in [-0.25, -0.2) is 9.97 Å². The Bertz CT molecular complexity index is 550. The third-order valence-corrected chi connectivity index (χ3v) is 3.79. The third-order valence-electron chi connectivity index (χ3n) is 3.79. The second kappa shape index (κ2) is 5.67. The summed E-state index contributed by atoms with van der Waals surface area (Å²) in [5, 5.41) is 2.74. The van der Waals surface area contributed by atoms with Gasteiger partial charge in [0.25, 0.3) is 0 Å². The first-order chi connectivity index (χ1) is 10.1. The topological polar surface area (TPSA) is 78.4 Å². The lowest BCUT2D eigenvalue weighted by molar-refractivity contribution is -0.146. The molecule has 2 aliphatic rings. The predicted octanol–water partition coefficient (Wildman–Crippen LogP) is -0.288. The van der Waals surface area contributed by atoms with Gasteiger partial charge in [0.05, 0.1) is 0 Å². The number of hydrogen-bond donors (Lipinski definition) is 1. The van der Waals surface area contributed by atoms with E-state index in [9.17, 15) is 9.59 Å². The van der Waals surface area contributed by atoms with Crippen molar-refractivity contribution in [3.8, 4) is 0 Å². The second-order valence-corrected chi connectivity index (χ2v) is 5.54. The lowest BCUT2D eigenvalue weighted by atomic mass is 10.3. The molecule has 7 heteroatoms. The van der Waals surface area contributed by atoms with Crippen LogP contribution in [0.25, 0.3) is 0 Å². The summed E-state index contributed by atoms with van der Waals surface area (Å²) >= 11 is 0. The second-order valence-electron chi connectivity index (χ2n) is 5.54. The van der Waals surface area contributed by atoms with Crippen LogP contribution in [-0.2, 0) is 9.59 Å². The quantitative estimate of drug-likeness (QED) is 0.757. The zero-order valence-electron chi connectivity index (χ0n) is 12.1. The first-order valence-corrected chi connectivity index (χ1v) is 7.27. The van der Waals surface area contributed by atoms with Crippen LogP contribution >= 0.6 is 0 Å². The van der Waals surface area contributed by atoms with Gasteiger partial charge in [0, 0.05) is 44.0 Å². The summed E-state index contributed by atoms with van der Waals surface area (Å²) in [5.41, 5.74) is 0.919. The van der Waals surface area contributed by atoms with Crippen LogP contribution in [-0.4, -0.2) is 58.9 Å². The van der Waals surface area contributed by atoms with Crippen LogP contribution < -0.4 is 10.2 Å². The Balaban J connectivity index is 1.54. The van der Waals surface area contributed by atoms with E-state index in [0.717, 1.165) is 24.4 Å². The molecule has 2 amide bonds. The van der Waals surface area contributed by atoms with E-state index in [-0.39, 0.29) is 6.04 Å². The summed E-state index contributed by atoms with van der Waals surface area (Å²) in [5.74, 6) is -0.0127. The minimum absolute atomic E-state index is 0.215. The van der Waals surface area contributed by atoms with Crippen LogP contribution in [0.3, 0.4) is 0 Å². The molecular weight excluding hydrogens is 270 g/mol. The van der Waals surface area contributed by atoms with E-state index < -0.39 is 11.8 Å². The molecule has 0 aromatic carbocycles. The van der Waals surface area contributed by atoms with Gasteiger partial charge in [0.15, 0.2) is 0 Å². The maximum absolute atomic E-state index is 12.0. The van der Waals surface area contributed by atoms with Gasteiger partial charge < -0.3 is 15.1 Å². The molecule has 2 fully saturated rings. The number of amides is 2. The van der Waals surface area contributed by atoms with Crippen molar-refractivity contribution in [2.45, 2.75) is 25.8 Å². The molecular formula is C14H19N5O2. The number of piperazine rings is 1. The van der Waals surface area contributed by atoms with Crippen LogP contribution in [0.2, 0.25) is 0 Å². The maximum atomic E-state index is 12.0. The molecule has 1 N–H and O–H groups in total. The molecule has 0 radical (unpaired) electrons. The highest BCUT2D eigenvalue weighted by molar-refractivity contribution is 6.35. The number of aryl methyl sites for hydroxylation is 1. The fraction of sp³-hybridized carbons (Fsp3) is 0.571. The predicted molar refractivity (Wildman–Crippen MR) is 76.7 cm³/mol. The number of nitrogens with one attached hydrogen (secondary N) is 1. The molecule has 0 spiro atoms. The fourth-order valence-electron chi connectivity index (χ4n) is 2.37. The van der Waals surface area contributed by atoms with E-state index in [0.29, 0.717) is 26.2 Å². The van der Waals surface area contributed by atoms with Crippen molar-refractivity contribution in [2.75, 3.05) is 31.1 Å². The van der Waals surface area contributed by atoms with E-state index in [4.69, 9.17) is 0 Å². The van der Waals surface area contributed by atoms with E-state index >= 15 is 0 Å². The molecule has 7 nitrogen and oxygen atoms in total. The van der Waals surface area contributed by atoms with Crippen molar-refractivity contribution in [3.05, 3.63) is 18.1 Å². The lowest BCUT2D eigenvalue weighted by Gasteiger charge is -2.35. The minimum atomic E-state index is -0.469. The average molecular weight is 289 g/mol. The monoisotopic (exact) mass is 289 g/mol. The highest BCUT2D eigenvalue weighted by Crippen LogP contribution is 2.19. The Hall–Kier alpha value is -2.18. The van der Waals surface area contributed by atoms with Gasteiger partial charge in [0.2, 0.25) is 0 Å². The van der Waals surface area contributed by atoms with Crippen molar-refractivity contribution in [1.29, 1.82) is 0 Å². The van der Waals surface area contributed by atoms with Gasteiger partial charge in [-0.15, -0.1) is 0 Å². The van der Waals surface area contributed by atoms with Gasteiger partial charge in [0.1, 0.15) is 12.1 Å². The molecule has 112 valence electrons. The van der Waals surface area contributed by atoms with Gasteiger partial charge in [-0.05, 0) is 19.8 Å². The third kappa shape index (κ3) is 3.29. The number of anilines is 1. The molecule has 0 unspecified atom stereocenters. The van der Waals surface area contributed by atoms with Crippen LogP contribution in [0.5, 0.6) is 0 Å². The first-order valence-electron chi connectivity index (χ1n) is 7.27. The highest BCUT2D eigenvalue weighted by Gasteiger charge is 2.30. The molecule has 21 heavy (non-hydrogen) atoms. The maximum Gasteiger partial charge on any atom is 0.312 e. The summed E-state index contributed by atoms with van der Waals surface area (Å²) in [6.07, 6.45) is 3.52. The molecule has 1 aromatic heterocycles. The summed E-state index contributed by atoms with van der Waals surface area (Å²) in [4.78, 5) is 35.8. The van der Waals surface area contributed by atoms with Crippen molar-refractivity contribution in [3.63, 3.8) is 0 Å². The van der Waals surface area contributed by atoms with Gasteiger partial charge >= 0.3 is 11.8 Å². The molecule has 1 aromatic rings. The number of carbonyl (C=O) groups excluding carboxylic acids is 2. The Morgan fingerprint density at radius 3 is 2.52 bits per heavy atom. The molecule has 1 saturated carbocycles. The summed E-state index contributed by atoms with van der Waals surface area (Å²) < 4.78 is 0. The highest BCUT2D eigenvalue weighted by atomic mass is 16.2. The van der Waals surface area contributed by atoms with Crippen molar-refractivity contribution in [2.24, 2.45) is 0 Å². The number of carbonyl (C=O) groups is 2. The van der Waals surface area contributed by atoms with Crippen LogP contribution in [0, 0.1) is 6.92 Å². The van der Waals surface area contributed by atoms with Crippen LogP contribution in [0.4, 0.5) is 5.82 Å². The SMILES string of the molecule is Cc1cc(N2CCN(C(=O)C(=O)NC3CC3)CC2)ncn1. The normalized spacial score (nSPS) is 18.5. The smallest absolute Gasteiger partial charge is 0.312 e. The Kier molecular flexibility index (Phi) is 3.72. The van der Waals surface area contributed by atoms with E-state index in [1.807, 2.05) is 13.0 Å². The summed E-state index contributed by atoms with van der Waals surface area (Å²) in [6.45, 7) is 4.37. The molecule has 0 atom stereocenters. The van der Waals surface area contributed by atoms with Crippen LogP contribution in [0.1, 0.15) is 18.5 Å². The summed E-state index contributed by atoms with van der Waals surface area (Å²) in [7, 11) is 0. The Labute approximate surface area is 123 Å². The van der Waals surface area contributed by atoms with E-state index in [1.54, 1.807) is 11.2 Å². The minimum Gasteiger partial charge on any atom is -0.353 e. The van der Waals surface area contributed by atoms with E-state index in [2.05, 4.69) is 20.2 Å². The van der Waals surface area contributed by atoms with E-state index in [1.165, 1.54) is 0 Å². The molecule has 1 saturated heterocycles. The number of hydrogen-bond acceptors (Lipinski definition) is 5. The van der Waals surface area contributed by atoms with Gasteiger partial charge in [-0.2, -0.15) is 0 Å². The molecule has 1 aliphatic carbocycles. The molecule has 1 aliphatic heterocycles. The standard InChI is InChI=1S/C14H19N5O2/c1-10-8-12(16-9-15-10)18-4-6-19(7-5-18)14(21)13(20)17-11-2-3-11/h8-9,11H,2-7H2,1H3,(H,17,20). The largest absolute Gasteiger partial charge is 0.353 e. The first kappa shape index (κ1) is 13.8. The number of rotatable bonds is 2. The number of aromatic nitrogens is 2. The average Bonchev–Trinajstić information content (AvgIpc) is 3.30. The van der Waals surface area contributed by atoms with Crippen LogP contribution in [0.15, 0.2) is 12.4 Å². The Morgan fingerprint density at radius 1 is 1.19 bits per heavy atom. The summed E-state index contributed by atoms with van der Waals surface area (Å²) in [6, 6.07) is 2.14.